The lowest BCUT2D eigenvalue weighted by Crippen LogP contribution is -2.33. The molecule has 0 unspecified atom stereocenters. The lowest BCUT2D eigenvalue weighted by molar-refractivity contribution is 0.0728. The summed E-state index contributed by atoms with van der Waals surface area (Å²) < 4.78 is 27.0. The van der Waals surface area contributed by atoms with Crippen LogP contribution in [0.3, 0.4) is 0 Å². The van der Waals surface area contributed by atoms with E-state index in [4.69, 9.17) is 0 Å². The number of rotatable bonds is 4. The quantitative estimate of drug-likeness (QED) is 0.933. The number of benzene rings is 2. The minimum atomic E-state index is -0.605. The fraction of sp³-hybridized carbons (Fsp3) is 0.316. The average molecular weight is 328 g/mol. The molecule has 1 aliphatic carbocycles. The molecule has 2 aliphatic rings. The summed E-state index contributed by atoms with van der Waals surface area (Å²) in [5.41, 5.74) is 3.34. The second-order valence-electron chi connectivity index (χ2n) is 6.49. The van der Waals surface area contributed by atoms with Gasteiger partial charge in [-0.05, 0) is 42.2 Å². The molecular formula is C19H18F2N2O. The third-order valence-electron chi connectivity index (χ3n) is 4.69. The molecule has 1 fully saturated rings. The van der Waals surface area contributed by atoms with Crippen molar-refractivity contribution >= 4 is 5.91 Å². The van der Waals surface area contributed by atoms with Gasteiger partial charge < -0.3 is 10.2 Å². The third-order valence-corrected chi connectivity index (χ3v) is 4.69. The van der Waals surface area contributed by atoms with Gasteiger partial charge in [0.05, 0.1) is 0 Å². The van der Waals surface area contributed by atoms with Gasteiger partial charge in [-0.1, -0.05) is 12.1 Å². The first-order chi connectivity index (χ1) is 11.6. The Morgan fingerprint density at radius 3 is 2.62 bits per heavy atom. The Labute approximate surface area is 139 Å². The van der Waals surface area contributed by atoms with E-state index >= 15 is 0 Å². The van der Waals surface area contributed by atoms with Crippen molar-refractivity contribution < 1.29 is 13.6 Å². The highest BCUT2D eigenvalue weighted by Gasteiger charge is 2.33. The zero-order valence-corrected chi connectivity index (χ0v) is 13.2. The Morgan fingerprint density at radius 1 is 1.08 bits per heavy atom. The van der Waals surface area contributed by atoms with E-state index < -0.39 is 11.6 Å². The number of fused-ring (bicyclic) bond motifs is 1. The van der Waals surface area contributed by atoms with Crippen molar-refractivity contribution in [1.29, 1.82) is 0 Å². The molecular weight excluding hydrogens is 310 g/mol. The smallest absolute Gasteiger partial charge is 0.254 e. The SMILES string of the molecule is O=C(c1ccc2c(c1)CNC2)N(Cc1ccc(F)cc1F)C1CC1. The van der Waals surface area contributed by atoms with Crippen LogP contribution in [0, 0.1) is 11.6 Å². The number of nitrogens with one attached hydrogen (secondary N) is 1. The lowest BCUT2D eigenvalue weighted by atomic mass is 10.0. The molecule has 1 N–H and O–H groups in total. The largest absolute Gasteiger partial charge is 0.331 e. The van der Waals surface area contributed by atoms with Crippen LogP contribution in [0.15, 0.2) is 36.4 Å². The van der Waals surface area contributed by atoms with Crippen molar-refractivity contribution in [2.75, 3.05) is 0 Å². The van der Waals surface area contributed by atoms with Crippen LogP contribution in [0.5, 0.6) is 0 Å². The van der Waals surface area contributed by atoms with Gasteiger partial charge in [0, 0.05) is 42.9 Å². The summed E-state index contributed by atoms with van der Waals surface area (Å²) in [7, 11) is 0. The van der Waals surface area contributed by atoms with E-state index in [1.807, 2.05) is 18.2 Å². The molecule has 2 aromatic carbocycles. The maximum absolute atomic E-state index is 14.0. The molecule has 0 spiro atoms. The first-order valence-electron chi connectivity index (χ1n) is 8.19. The van der Waals surface area contributed by atoms with E-state index in [1.165, 1.54) is 17.7 Å². The predicted molar refractivity (Wildman–Crippen MR) is 86.2 cm³/mol. The summed E-state index contributed by atoms with van der Waals surface area (Å²) in [6.45, 7) is 1.77. The Bertz CT molecular complexity index is 802. The summed E-state index contributed by atoms with van der Waals surface area (Å²) in [5, 5.41) is 3.26. The van der Waals surface area contributed by atoms with E-state index in [0.29, 0.717) is 11.1 Å². The van der Waals surface area contributed by atoms with Crippen molar-refractivity contribution in [3.8, 4) is 0 Å². The molecule has 2 aromatic rings. The highest BCUT2D eigenvalue weighted by molar-refractivity contribution is 5.95. The molecule has 1 heterocycles. The standard InChI is InChI=1S/C19H18F2N2O/c20-16-4-3-14(18(21)8-16)11-23(17-5-6-17)19(24)12-1-2-13-9-22-10-15(13)7-12/h1-4,7-8,17,22H,5-6,9-11H2. The zero-order chi connectivity index (χ0) is 16.7. The van der Waals surface area contributed by atoms with Gasteiger partial charge in [0.25, 0.3) is 5.91 Å². The number of carbonyl (C=O) groups is 1. The minimum Gasteiger partial charge on any atom is -0.331 e. The van der Waals surface area contributed by atoms with Crippen LogP contribution in [-0.4, -0.2) is 16.8 Å². The Balaban J connectivity index is 1.60. The van der Waals surface area contributed by atoms with Crippen LogP contribution in [0.25, 0.3) is 0 Å². The van der Waals surface area contributed by atoms with E-state index in [0.717, 1.165) is 37.6 Å². The molecule has 0 bridgehead atoms. The van der Waals surface area contributed by atoms with E-state index in [9.17, 15) is 13.6 Å². The number of nitrogens with zero attached hydrogens (tertiary/aromatic N) is 1. The van der Waals surface area contributed by atoms with Gasteiger partial charge in [0.2, 0.25) is 0 Å². The van der Waals surface area contributed by atoms with E-state index in [2.05, 4.69) is 5.32 Å². The molecule has 1 aliphatic heterocycles. The topological polar surface area (TPSA) is 32.3 Å². The summed E-state index contributed by atoms with van der Waals surface area (Å²) in [5.74, 6) is -1.30. The first kappa shape index (κ1) is 15.3. The molecule has 5 heteroatoms. The number of hydrogen-bond donors (Lipinski definition) is 1. The normalized spacial score (nSPS) is 16.1. The highest BCUT2D eigenvalue weighted by atomic mass is 19.1. The van der Waals surface area contributed by atoms with Gasteiger partial charge >= 0.3 is 0 Å². The Morgan fingerprint density at radius 2 is 1.88 bits per heavy atom. The average Bonchev–Trinajstić information content (AvgIpc) is 3.30. The molecule has 0 radical (unpaired) electrons. The van der Waals surface area contributed by atoms with Gasteiger partial charge in [-0.2, -0.15) is 0 Å². The van der Waals surface area contributed by atoms with Crippen molar-refractivity contribution in [3.05, 3.63) is 70.3 Å². The van der Waals surface area contributed by atoms with Gasteiger partial charge in [0.15, 0.2) is 0 Å². The number of carbonyl (C=O) groups excluding carboxylic acids is 1. The second kappa shape index (κ2) is 5.98. The van der Waals surface area contributed by atoms with Gasteiger partial charge in [-0.3, -0.25) is 4.79 Å². The van der Waals surface area contributed by atoms with Crippen LogP contribution in [0.1, 0.15) is 39.9 Å². The second-order valence-corrected chi connectivity index (χ2v) is 6.49. The fourth-order valence-corrected chi connectivity index (χ4v) is 3.18. The monoisotopic (exact) mass is 328 g/mol. The predicted octanol–water partition coefficient (Wildman–Crippen LogP) is 3.37. The maximum atomic E-state index is 14.0. The Hall–Kier alpha value is -2.27. The molecule has 4 rings (SSSR count). The van der Waals surface area contributed by atoms with Crippen molar-refractivity contribution in [3.63, 3.8) is 0 Å². The van der Waals surface area contributed by atoms with Gasteiger partial charge in [-0.25, -0.2) is 8.78 Å². The van der Waals surface area contributed by atoms with E-state index in [-0.39, 0.29) is 18.5 Å². The number of hydrogen-bond acceptors (Lipinski definition) is 2. The van der Waals surface area contributed by atoms with E-state index in [1.54, 1.807) is 4.90 Å². The van der Waals surface area contributed by atoms with Crippen LogP contribution in [-0.2, 0) is 19.6 Å². The zero-order valence-electron chi connectivity index (χ0n) is 13.2. The van der Waals surface area contributed by atoms with Crippen LogP contribution < -0.4 is 5.32 Å². The Kier molecular flexibility index (Phi) is 3.81. The van der Waals surface area contributed by atoms with Crippen molar-refractivity contribution in [2.45, 2.75) is 38.5 Å². The highest BCUT2D eigenvalue weighted by Crippen LogP contribution is 2.31. The molecule has 0 atom stereocenters. The maximum Gasteiger partial charge on any atom is 0.254 e. The summed E-state index contributed by atoms with van der Waals surface area (Å²) in [4.78, 5) is 14.6. The molecule has 0 saturated heterocycles. The van der Waals surface area contributed by atoms with Crippen molar-refractivity contribution in [2.24, 2.45) is 0 Å². The van der Waals surface area contributed by atoms with Crippen LogP contribution in [0.2, 0.25) is 0 Å². The summed E-state index contributed by atoms with van der Waals surface area (Å²) >= 11 is 0. The summed E-state index contributed by atoms with van der Waals surface area (Å²) in [6, 6.07) is 9.40. The van der Waals surface area contributed by atoms with Crippen LogP contribution >= 0.6 is 0 Å². The lowest BCUT2D eigenvalue weighted by Gasteiger charge is -2.23. The molecule has 1 amide bonds. The number of halogens is 2. The van der Waals surface area contributed by atoms with Gasteiger partial charge in [-0.15, -0.1) is 0 Å². The molecule has 0 aromatic heterocycles. The fourth-order valence-electron chi connectivity index (χ4n) is 3.18. The molecule has 1 saturated carbocycles. The van der Waals surface area contributed by atoms with Crippen LogP contribution in [0.4, 0.5) is 8.78 Å². The third kappa shape index (κ3) is 2.91. The van der Waals surface area contributed by atoms with Gasteiger partial charge in [0.1, 0.15) is 11.6 Å². The first-order valence-corrected chi connectivity index (χ1v) is 8.19. The minimum absolute atomic E-state index is 0.0871. The molecule has 3 nitrogen and oxygen atoms in total. The molecule has 24 heavy (non-hydrogen) atoms. The molecule has 124 valence electrons. The van der Waals surface area contributed by atoms with Crippen molar-refractivity contribution in [1.82, 2.24) is 10.2 Å². The number of amides is 1. The summed E-state index contributed by atoms with van der Waals surface area (Å²) in [6.07, 6.45) is 1.86.